The molecule has 236 valence electrons. The number of ether oxygens (including phenoxy) is 1. The number of ketones is 2. The zero-order valence-corrected chi connectivity index (χ0v) is 25.8. The molecule has 3 atom stereocenters. The third-order valence-corrected chi connectivity index (χ3v) is 7.81. The van der Waals surface area contributed by atoms with Gasteiger partial charge in [0.2, 0.25) is 0 Å². The highest BCUT2D eigenvalue weighted by molar-refractivity contribution is 5.93. The number of aliphatic hydroxyl groups excluding tert-OH is 2. The third kappa shape index (κ3) is 15.0. The molecular formula is C32H60O8. The van der Waals surface area contributed by atoms with E-state index in [1.165, 1.54) is 0 Å². The van der Waals surface area contributed by atoms with Crippen molar-refractivity contribution in [2.24, 2.45) is 0 Å². The molecule has 0 aliphatic carbocycles. The van der Waals surface area contributed by atoms with E-state index in [1.54, 1.807) is 0 Å². The van der Waals surface area contributed by atoms with E-state index in [1.807, 2.05) is 0 Å². The van der Waals surface area contributed by atoms with Crippen molar-refractivity contribution in [1.82, 2.24) is 0 Å². The van der Waals surface area contributed by atoms with E-state index >= 15 is 0 Å². The number of hydrogen-bond acceptors (Lipinski definition) is 8. The fourth-order valence-electron chi connectivity index (χ4n) is 4.91. The summed E-state index contributed by atoms with van der Waals surface area (Å²) in [7, 11) is 0. The summed E-state index contributed by atoms with van der Waals surface area (Å²) >= 11 is 0. The van der Waals surface area contributed by atoms with Gasteiger partial charge >= 0.3 is 5.97 Å². The van der Waals surface area contributed by atoms with Crippen molar-refractivity contribution in [3.8, 4) is 0 Å². The van der Waals surface area contributed by atoms with Crippen LogP contribution < -0.4 is 0 Å². The van der Waals surface area contributed by atoms with Crippen LogP contribution in [0.2, 0.25) is 0 Å². The number of Topliss-reactive ketones (excluding diaryl/α,β-unsaturated/α-hetero) is 2. The van der Waals surface area contributed by atoms with E-state index in [-0.39, 0.29) is 19.3 Å². The van der Waals surface area contributed by atoms with Gasteiger partial charge in [0.05, 0.1) is 6.61 Å². The van der Waals surface area contributed by atoms with Crippen LogP contribution >= 0.6 is 0 Å². The van der Waals surface area contributed by atoms with E-state index in [4.69, 9.17) is 4.74 Å². The molecule has 0 aromatic heterocycles. The summed E-state index contributed by atoms with van der Waals surface area (Å²) < 4.78 is 5.22. The van der Waals surface area contributed by atoms with Crippen molar-refractivity contribution < 1.29 is 39.5 Å². The molecule has 0 spiro atoms. The Kier molecular flexibility index (Phi) is 22.5. The van der Waals surface area contributed by atoms with E-state index < -0.39 is 48.1 Å². The van der Waals surface area contributed by atoms with E-state index in [2.05, 4.69) is 20.8 Å². The molecule has 0 heterocycles. The number of carbonyl (C=O) groups excluding carboxylic acids is 3. The molecule has 0 rings (SSSR count). The molecule has 0 bridgehead atoms. The lowest BCUT2D eigenvalue weighted by Gasteiger charge is -2.39. The maximum atomic E-state index is 13.2. The second-order valence-corrected chi connectivity index (χ2v) is 11.5. The summed E-state index contributed by atoms with van der Waals surface area (Å²) in [5.74, 6) is -2.29. The first-order valence-corrected chi connectivity index (χ1v) is 16.1. The van der Waals surface area contributed by atoms with Crippen molar-refractivity contribution in [3.63, 3.8) is 0 Å². The monoisotopic (exact) mass is 572 g/mol. The molecule has 0 aromatic rings. The Hall–Kier alpha value is -1.35. The number of carbonyl (C=O) groups is 3. The van der Waals surface area contributed by atoms with Crippen LogP contribution in [0.5, 0.6) is 0 Å². The number of aliphatic hydroxyl groups is 4. The van der Waals surface area contributed by atoms with Gasteiger partial charge in [-0.25, -0.2) is 0 Å². The topological polar surface area (TPSA) is 141 Å². The molecule has 4 N–H and O–H groups in total. The van der Waals surface area contributed by atoms with Gasteiger partial charge in [0, 0.05) is 19.3 Å². The number of rotatable bonds is 28. The lowest BCUT2D eigenvalue weighted by atomic mass is 9.77. The fourth-order valence-corrected chi connectivity index (χ4v) is 4.91. The molecule has 0 unspecified atom stereocenters. The molecule has 0 fully saturated rings. The minimum absolute atomic E-state index is 0.102. The first-order valence-electron chi connectivity index (χ1n) is 16.1. The second kappa shape index (κ2) is 23.2. The molecule has 0 aliphatic rings. The Labute approximate surface area is 243 Å². The summed E-state index contributed by atoms with van der Waals surface area (Å²) in [6.07, 6.45) is 14.0. The zero-order chi connectivity index (χ0) is 30.3. The molecule has 8 nitrogen and oxygen atoms in total. The minimum atomic E-state index is -2.75. The van der Waals surface area contributed by atoms with Gasteiger partial charge in [0.15, 0.2) is 22.8 Å². The average molecular weight is 573 g/mol. The molecular weight excluding hydrogens is 512 g/mol. The van der Waals surface area contributed by atoms with Crippen molar-refractivity contribution >= 4 is 17.5 Å². The summed E-state index contributed by atoms with van der Waals surface area (Å²) in [5.41, 5.74) is -5.46. The van der Waals surface area contributed by atoms with Gasteiger partial charge in [-0.05, 0) is 19.3 Å². The zero-order valence-electron chi connectivity index (χ0n) is 25.8. The summed E-state index contributed by atoms with van der Waals surface area (Å²) in [6.45, 7) is 4.29. The SMILES string of the molecule is CCCCCCCCC(=O)OC[C@](O)(C(=O)CCCCCCCC)[C@H](O)[C@@](O)(CO)C(=O)CCCCCCCC. The van der Waals surface area contributed by atoms with Crippen molar-refractivity contribution in [2.75, 3.05) is 13.2 Å². The maximum Gasteiger partial charge on any atom is 0.305 e. The van der Waals surface area contributed by atoms with Gasteiger partial charge in [-0.2, -0.15) is 0 Å². The van der Waals surface area contributed by atoms with E-state index in [9.17, 15) is 34.8 Å². The van der Waals surface area contributed by atoms with Crippen molar-refractivity contribution in [1.29, 1.82) is 0 Å². The molecule has 0 aromatic carbocycles. The van der Waals surface area contributed by atoms with Crippen LogP contribution in [0.4, 0.5) is 0 Å². The average Bonchev–Trinajstić information content (AvgIpc) is 2.95. The van der Waals surface area contributed by atoms with Crippen LogP contribution in [0.15, 0.2) is 0 Å². The quantitative estimate of drug-likeness (QED) is 0.0687. The van der Waals surface area contributed by atoms with Gasteiger partial charge in [0.1, 0.15) is 12.7 Å². The maximum absolute atomic E-state index is 13.2. The van der Waals surface area contributed by atoms with Gasteiger partial charge in [-0.1, -0.05) is 117 Å². The summed E-state index contributed by atoms with van der Waals surface area (Å²) in [4.78, 5) is 38.5. The predicted octanol–water partition coefficient (Wildman–Crippen LogP) is 5.74. The van der Waals surface area contributed by atoms with Crippen molar-refractivity contribution in [3.05, 3.63) is 0 Å². The first kappa shape index (κ1) is 38.6. The Morgan fingerprint density at radius 1 is 0.575 bits per heavy atom. The van der Waals surface area contributed by atoms with Gasteiger partial charge in [-0.3, -0.25) is 14.4 Å². The molecule has 0 radical (unpaired) electrons. The van der Waals surface area contributed by atoms with Crippen LogP contribution in [0.3, 0.4) is 0 Å². The highest BCUT2D eigenvalue weighted by Crippen LogP contribution is 2.28. The van der Waals surface area contributed by atoms with Crippen LogP contribution in [0, 0.1) is 0 Å². The minimum Gasteiger partial charge on any atom is -0.462 e. The van der Waals surface area contributed by atoms with Crippen molar-refractivity contribution in [2.45, 2.75) is 173 Å². The van der Waals surface area contributed by atoms with Gasteiger partial charge in [-0.15, -0.1) is 0 Å². The van der Waals surface area contributed by atoms with E-state index in [0.29, 0.717) is 19.3 Å². The van der Waals surface area contributed by atoms with Crippen LogP contribution in [0.25, 0.3) is 0 Å². The smallest absolute Gasteiger partial charge is 0.305 e. The molecule has 0 saturated carbocycles. The Morgan fingerprint density at radius 2 is 0.925 bits per heavy atom. The standard InChI is InChI=1S/C32H60O8/c1-4-7-10-13-16-19-22-27(34)31(38,25-33)30(37)32(39,28(35)23-20-17-14-11-8-5-2)26-40-29(36)24-21-18-15-12-9-6-3/h30,33,37-39H,4-26H2,1-3H3/t30-,31-,32+/m1/s1. The molecule has 0 saturated heterocycles. The van der Waals surface area contributed by atoms with Gasteiger partial charge in [0.25, 0.3) is 0 Å². The fraction of sp³-hybridized carbons (Fsp3) is 0.906. The Bertz CT molecular complexity index is 682. The normalized spacial score (nSPS) is 15.3. The predicted molar refractivity (Wildman–Crippen MR) is 158 cm³/mol. The molecule has 40 heavy (non-hydrogen) atoms. The lowest BCUT2D eigenvalue weighted by molar-refractivity contribution is -0.206. The molecule has 0 aliphatic heterocycles. The van der Waals surface area contributed by atoms with Gasteiger partial charge < -0.3 is 25.2 Å². The van der Waals surface area contributed by atoms with Crippen LogP contribution in [-0.2, 0) is 19.1 Å². The number of esters is 1. The first-order chi connectivity index (χ1) is 19.1. The van der Waals surface area contributed by atoms with Crippen LogP contribution in [0.1, 0.15) is 156 Å². The lowest BCUT2D eigenvalue weighted by Crippen LogP contribution is -2.67. The van der Waals surface area contributed by atoms with Crippen LogP contribution in [-0.4, -0.2) is 68.5 Å². The highest BCUT2D eigenvalue weighted by atomic mass is 16.5. The highest BCUT2D eigenvalue weighted by Gasteiger charge is 2.56. The number of unbranched alkanes of at least 4 members (excludes halogenated alkanes) is 15. The Balaban J connectivity index is 5.36. The molecule has 8 heteroatoms. The second-order valence-electron chi connectivity index (χ2n) is 11.5. The molecule has 0 amide bonds. The largest absolute Gasteiger partial charge is 0.462 e. The van der Waals surface area contributed by atoms with E-state index in [0.717, 1.165) is 96.3 Å². The summed E-state index contributed by atoms with van der Waals surface area (Å²) in [5, 5.41) is 43.5. The summed E-state index contributed by atoms with van der Waals surface area (Å²) in [6, 6.07) is 0. The Morgan fingerprint density at radius 3 is 1.32 bits per heavy atom. The third-order valence-electron chi connectivity index (χ3n) is 7.81. The number of hydrogen-bond donors (Lipinski definition) is 4.